The number of aromatic nitrogens is 4. The van der Waals surface area contributed by atoms with Gasteiger partial charge in [-0.1, -0.05) is 164 Å². The molecule has 0 aliphatic carbocycles. The van der Waals surface area contributed by atoms with Gasteiger partial charge in [-0.05, 0) is 173 Å². The zero-order valence-electron chi connectivity index (χ0n) is 48.5. The van der Waals surface area contributed by atoms with Crippen LogP contribution in [0.3, 0.4) is 0 Å². The largest absolute Gasteiger partial charge is 0.456 e. The number of rotatable bonds is 7. The Morgan fingerprint density at radius 2 is 0.556 bits per heavy atom. The molecule has 6 aromatic heterocycles. The Hall–Kier alpha value is -12.1. The molecule has 0 amide bonds. The predicted molar refractivity (Wildman–Crippen MR) is 375 cm³/mol. The minimum absolute atomic E-state index is 0.857. The van der Waals surface area contributed by atoms with Crippen molar-refractivity contribution >= 4 is 131 Å². The molecule has 20 rings (SSSR count). The summed E-state index contributed by atoms with van der Waals surface area (Å²) in [6, 6.07) is 110. The monoisotopic (exact) mass is 1150 g/mol. The standard InChI is InChI=1S/C84H50N4O2/c1-2-15-57(16-3-1)85-72-23-9-4-17-60(72)67-45-53(32-40-76(67)85)55-35-43-79-70(48-55)63-20-7-12-26-75(63)88(79)80-27-14-22-66-65-39-31-56(49-83(65)90-84(66)80)51-29-36-58(37-30-51)86-73-24-10-5-18-61(73)68-46-52(33-41-77(68)86)54-34-42-78-69(47-54)62-19-6-11-25-74(62)87(78)59-38-44-82-71(50-59)64-21-8-13-28-81(64)89-82/h1-50H. The summed E-state index contributed by atoms with van der Waals surface area (Å²) in [6.45, 7) is 0. The Balaban J connectivity index is 0.636. The first kappa shape index (κ1) is 49.0. The van der Waals surface area contributed by atoms with Crippen LogP contribution < -0.4 is 0 Å². The van der Waals surface area contributed by atoms with E-state index >= 15 is 0 Å². The number of hydrogen-bond donors (Lipinski definition) is 0. The molecule has 0 unspecified atom stereocenters. The molecule has 14 aromatic carbocycles. The van der Waals surface area contributed by atoms with Crippen LogP contribution in [0.1, 0.15) is 0 Å². The molecule has 90 heavy (non-hydrogen) atoms. The fourth-order valence-corrected chi connectivity index (χ4v) is 15.1. The van der Waals surface area contributed by atoms with E-state index in [0.717, 1.165) is 94.3 Å². The Morgan fingerprint density at radius 1 is 0.178 bits per heavy atom. The maximum atomic E-state index is 7.04. The van der Waals surface area contributed by atoms with Gasteiger partial charge in [0.25, 0.3) is 0 Å². The summed E-state index contributed by atoms with van der Waals surface area (Å²) in [5.74, 6) is 0. The fraction of sp³-hybridized carbons (Fsp3) is 0. The SMILES string of the molecule is c1ccc(-n2c3ccccc3c3cc(-c4ccc5c(c4)c4ccccc4n5-c4cccc5c4oc4cc(-c6ccc(-n7c8ccccc8c8cc(-c9ccc%10c(c9)c9ccccc9n%10-c9ccc%10oc%11ccccc%11c%10c9)ccc87)cc6)ccc45)ccc32)cc1. The van der Waals surface area contributed by atoms with Gasteiger partial charge in [-0.15, -0.1) is 0 Å². The number of nitrogens with zero attached hydrogens (tertiary/aromatic N) is 4. The third-order valence-corrected chi connectivity index (χ3v) is 19.2. The first-order valence-corrected chi connectivity index (χ1v) is 30.8. The van der Waals surface area contributed by atoms with E-state index in [1.54, 1.807) is 0 Å². The highest BCUT2D eigenvalue weighted by Gasteiger charge is 2.22. The van der Waals surface area contributed by atoms with Gasteiger partial charge >= 0.3 is 0 Å². The maximum absolute atomic E-state index is 7.04. The Bertz CT molecular complexity index is 6400. The van der Waals surface area contributed by atoms with E-state index in [-0.39, 0.29) is 0 Å². The number of fused-ring (bicyclic) bond motifs is 18. The summed E-state index contributed by atoms with van der Waals surface area (Å²) in [4.78, 5) is 0. The number of benzene rings is 14. The van der Waals surface area contributed by atoms with Crippen LogP contribution in [0, 0.1) is 0 Å². The molecule has 0 bridgehead atoms. The lowest BCUT2D eigenvalue weighted by Gasteiger charge is -2.10. The van der Waals surface area contributed by atoms with Crippen molar-refractivity contribution < 1.29 is 8.83 Å². The topological polar surface area (TPSA) is 46.0 Å². The molecule has 0 saturated heterocycles. The maximum Gasteiger partial charge on any atom is 0.159 e. The molecule has 6 nitrogen and oxygen atoms in total. The fourth-order valence-electron chi connectivity index (χ4n) is 15.1. The van der Waals surface area contributed by atoms with Crippen LogP contribution in [0.25, 0.3) is 187 Å². The van der Waals surface area contributed by atoms with Gasteiger partial charge in [-0.2, -0.15) is 0 Å². The second kappa shape index (κ2) is 18.7. The average Bonchev–Trinajstić information content (AvgIpc) is 1.79. The highest BCUT2D eigenvalue weighted by Crippen LogP contribution is 2.44. The van der Waals surface area contributed by atoms with Gasteiger partial charge in [0.05, 0.1) is 49.8 Å². The summed E-state index contributed by atoms with van der Waals surface area (Å²) in [6.07, 6.45) is 0. The molecule has 20 aromatic rings. The minimum atomic E-state index is 0.857. The molecule has 0 radical (unpaired) electrons. The van der Waals surface area contributed by atoms with Crippen LogP contribution in [0.2, 0.25) is 0 Å². The summed E-state index contributed by atoms with van der Waals surface area (Å²) in [7, 11) is 0. The summed E-state index contributed by atoms with van der Waals surface area (Å²) in [5, 5.41) is 14.2. The highest BCUT2D eigenvalue weighted by atomic mass is 16.3. The third-order valence-electron chi connectivity index (χ3n) is 19.2. The Morgan fingerprint density at radius 3 is 1.11 bits per heavy atom. The van der Waals surface area contributed by atoms with Crippen molar-refractivity contribution in [2.24, 2.45) is 0 Å². The lowest BCUT2D eigenvalue weighted by atomic mass is 10.0. The molecule has 0 atom stereocenters. The van der Waals surface area contributed by atoms with E-state index in [1.165, 1.54) is 92.9 Å². The third kappa shape index (κ3) is 7.09. The van der Waals surface area contributed by atoms with E-state index in [0.29, 0.717) is 0 Å². The van der Waals surface area contributed by atoms with Crippen molar-refractivity contribution in [2.45, 2.75) is 0 Å². The van der Waals surface area contributed by atoms with Crippen LogP contribution in [-0.2, 0) is 0 Å². The zero-order chi connectivity index (χ0) is 58.7. The van der Waals surface area contributed by atoms with Crippen LogP contribution in [0.15, 0.2) is 312 Å². The van der Waals surface area contributed by atoms with E-state index in [1.807, 2.05) is 12.1 Å². The second-order valence-electron chi connectivity index (χ2n) is 24.0. The predicted octanol–water partition coefficient (Wildman–Crippen LogP) is 22.9. The molecule has 6 heterocycles. The van der Waals surface area contributed by atoms with Crippen molar-refractivity contribution in [3.8, 4) is 56.1 Å². The first-order chi connectivity index (χ1) is 44.6. The molecule has 0 saturated carbocycles. The molecular weight excluding hydrogens is 1100 g/mol. The van der Waals surface area contributed by atoms with Gasteiger partial charge in [0, 0.05) is 81.7 Å². The van der Waals surface area contributed by atoms with Crippen molar-refractivity contribution in [3.63, 3.8) is 0 Å². The minimum Gasteiger partial charge on any atom is -0.456 e. The zero-order valence-corrected chi connectivity index (χ0v) is 48.5. The Kier molecular flexibility index (Phi) is 10.2. The van der Waals surface area contributed by atoms with Crippen molar-refractivity contribution in [1.29, 1.82) is 0 Å². The van der Waals surface area contributed by atoms with Crippen molar-refractivity contribution in [3.05, 3.63) is 303 Å². The molecule has 0 aliphatic heterocycles. The van der Waals surface area contributed by atoms with Gasteiger partial charge in [0.1, 0.15) is 16.7 Å². The number of para-hydroxylation sites is 7. The van der Waals surface area contributed by atoms with Crippen LogP contribution in [-0.4, -0.2) is 18.3 Å². The average molecular weight is 1150 g/mol. The van der Waals surface area contributed by atoms with Gasteiger partial charge in [-0.3, -0.25) is 0 Å². The summed E-state index contributed by atoms with van der Waals surface area (Å²) < 4.78 is 22.8. The van der Waals surface area contributed by atoms with Gasteiger partial charge in [0.2, 0.25) is 0 Å². The van der Waals surface area contributed by atoms with Crippen molar-refractivity contribution in [2.75, 3.05) is 0 Å². The lowest BCUT2D eigenvalue weighted by Crippen LogP contribution is -1.94. The molecule has 6 heteroatoms. The summed E-state index contributed by atoms with van der Waals surface area (Å²) in [5.41, 5.74) is 24.2. The molecular formula is C84H50N4O2. The number of hydrogen-bond acceptors (Lipinski definition) is 2. The van der Waals surface area contributed by atoms with Crippen LogP contribution >= 0.6 is 0 Å². The lowest BCUT2D eigenvalue weighted by molar-refractivity contribution is 0.666. The van der Waals surface area contributed by atoms with Crippen molar-refractivity contribution in [1.82, 2.24) is 18.3 Å². The smallest absolute Gasteiger partial charge is 0.159 e. The van der Waals surface area contributed by atoms with E-state index < -0.39 is 0 Å². The molecule has 418 valence electrons. The molecule has 0 fully saturated rings. The number of furan rings is 2. The Labute approximate surface area is 514 Å². The van der Waals surface area contributed by atoms with Gasteiger partial charge < -0.3 is 27.1 Å². The first-order valence-electron chi connectivity index (χ1n) is 30.8. The van der Waals surface area contributed by atoms with E-state index in [2.05, 4.69) is 309 Å². The quantitative estimate of drug-likeness (QED) is 0.160. The summed E-state index contributed by atoms with van der Waals surface area (Å²) >= 11 is 0. The van der Waals surface area contributed by atoms with Crippen LogP contribution in [0.4, 0.5) is 0 Å². The van der Waals surface area contributed by atoms with E-state index in [4.69, 9.17) is 8.83 Å². The van der Waals surface area contributed by atoms with E-state index in [9.17, 15) is 0 Å². The molecule has 0 N–H and O–H groups in total. The van der Waals surface area contributed by atoms with Gasteiger partial charge in [-0.25, -0.2) is 0 Å². The van der Waals surface area contributed by atoms with Crippen LogP contribution in [0.5, 0.6) is 0 Å². The normalized spacial score (nSPS) is 12.2. The van der Waals surface area contributed by atoms with Gasteiger partial charge in [0.15, 0.2) is 5.58 Å². The highest BCUT2D eigenvalue weighted by molar-refractivity contribution is 6.17. The molecule has 0 aliphatic rings. The second-order valence-corrected chi connectivity index (χ2v) is 24.0. The molecule has 0 spiro atoms.